The zero-order valence-corrected chi connectivity index (χ0v) is 18.7. The van der Waals surface area contributed by atoms with Crippen molar-refractivity contribution in [1.29, 1.82) is 0 Å². The molecule has 1 amide bonds. The molecule has 0 bridgehead atoms. The van der Waals surface area contributed by atoms with Crippen molar-refractivity contribution in [2.45, 2.75) is 57.9 Å². The molecule has 0 unspecified atom stereocenters. The highest BCUT2D eigenvalue weighted by molar-refractivity contribution is 5.77. The number of aryl methyl sites for hydroxylation is 2. The zero-order valence-electron chi connectivity index (χ0n) is 18.7. The van der Waals surface area contributed by atoms with Gasteiger partial charge in [0.25, 0.3) is 5.88 Å². The molecule has 32 heavy (non-hydrogen) atoms. The second-order valence-electron chi connectivity index (χ2n) is 8.01. The lowest BCUT2D eigenvalue weighted by atomic mass is 9.93. The molecule has 3 aromatic heterocycles. The van der Waals surface area contributed by atoms with Crippen LogP contribution in [-0.4, -0.2) is 44.6 Å². The maximum Gasteiger partial charge on any atom is 0.254 e. The summed E-state index contributed by atoms with van der Waals surface area (Å²) in [5.41, 5.74) is 2.92. The van der Waals surface area contributed by atoms with Gasteiger partial charge in [0.1, 0.15) is 11.6 Å². The Kier molecular flexibility index (Phi) is 7.09. The van der Waals surface area contributed by atoms with E-state index in [1.54, 1.807) is 25.6 Å². The Morgan fingerprint density at radius 3 is 2.84 bits per heavy atom. The summed E-state index contributed by atoms with van der Waals surface area (Å²) in [5.74, 6) is 2.00. The summed E-state index contributed by atoms with van der Waals surface area (Å²) < 4.78 is 10.3. The second kappa shape index (κ2) is 10.3. The first kappa shape index (κ1) is 21.9. The highest BCUT2D eigenvalue weighted by Gasteiger charge is 2.31. The van der Waals surface area contributed by atoms with Crippen molar-refractivity contribution < 1.29 is 14.1 Å². The van der Waals surface area contributed by atoms with E-state index in [9.17, 15) is 4.79 Å². The van der Waals surface area contributed by atoms with Crippen LogP contribution in [0.25, 0.3) is 11.1 Å². The van der Waals surface area contributed by atoms with Gasteiger partial charge in [0.15, 0.2) is 0 Å². The Morgan fingerprint density at radius 1 is 1.25 bits per heavy atom. The monoisotopic (exact) mass is 435 g/mol. The van der Waals surface area contributed by atoms with Gasteiger partial charge >= 0.3 is 0 Å². The van der Waals surface area contributed by atoms with Crippen LogP contribution in [-0.2, 0) is 17.6 Å². The summed E-state index contributed by atoms with van der Waals surface area (Å²) in [6.07, 6.45) is 11.0. The Balaban J connectivity index is 1.60. The fourth-order valence-electron chi connectivity index (χ4n) is 4.18. The van der Waals surface area contributed by atoms with Gasteiger partial charge in [-0.25, -0.2) is 9.97 Å². The lowest BCUT2D eigenvalue weighted by molar-refractivity contribution is -0.135. The van der Waals surface area contributed by atoms with Crippen LogP contribution in [0.4, 0.5) is 0 Å². The first-order chi connectivity index (χ1) is 15.7. The molecule has 0 saturated carbocycles. The van der Waals surface area contributed by atoms with Crippen molar-refractivity contribution in [1.82, 2.24) is 25.0 Å². The molecule has 1 saturated heterocycles. The minimum absolute atomic E-state index is 0.0673. The molecule has 0 radical (unpaired) electrons. The molecular weight excluding hydrogens is 406 g/mol. The van der Waals surface area contributed by atoms with Crippen molar-refractivity contribution in [3.05, 3.63) is 54.1 Å². The van der Waals surface area contributed by atoms with E-state index in [-0.39, 0.29) is 11.9 Å². The molecule has 0 N–H and O–H groups in total. The quantitative estimate of drug-likeness (QED) is 0.524. The van der Waals surface area contributed by atoms with Crippen molar-refractivity contribution in [2.75, 3.05) is 13.7 Å². The molecule has 168 valence electrons. The molecule has 4 heterocycles. The Hall–Kier alpha value is -3.29. The van der Waals surface area contributed by atoms with Gasteiger partial charge in [-0.05, 0) is 48.5 Å². The highest BCUT2D eigenvalue weighted by atomic mass is 16.5. The number of piperidine rings is 1. The van der Waals surface area contributed by atoms with E-state index in [4.69, 9.17) is 14.2 Å². The van der Waals surface area contributed by atoms with Crippen LogP contribution >= 0.6 is 0 Å². The number of amides is 1. The number of carbonyl (C=O) groups is 1. The number of methoxy groups -OCH3 is 1. The van der Waals surface area contributed by atoms with E-state index in [0.29, 0.717) is 24.5 Å². The van der Waals surface area contributed by atoms with E-state index < -0.39 is 0 Å². The number of pyridine rings is 1. The Bertz CT molecular complexity index is 1040. The molecule has 1 atom stereocenters. The number of likely N-dealkylation sites (tertiary alicyclic amines) is 1. The van der Waals surface area contributed by atoms with Gasteiger partial charge in [0, 0.05) is 56.0 Å². The van der Waals surface area contributed by atoms with Crippen LogP contribution in [0.5, 0.6) is 5.88 Å². The maximum atomic E-state index is 13.3. The molecule has 8 heteroatoms. The molecule has 8 nitrogen and oxygen atoms in total. The molecule has 1 aliphatic rings. The smallest absolute Gasteiger partial charge is 0.254 e. The summed E-state index contributed by atoms with van der Waals surface area (Å²) in [6, 6.07) is 5.59. The van der Waals surface area contributed by atoms with Crippen LogP contribution in [0, 0.1) is 0 Å². The number of ether oxygens (including phenoxy) is 1. The van der Waals surface area contributed by atoms with E-state index in [1.807, 2.05) is 23.2 Å². The average molecular weight is 436 g/mol. The predicted molar refractivity (Wildman–Crippen MR) is 119 cm³/mol. The topological polar surface area (TPSA) is 94.2 Å². The molecule has 4 rings (SSSR count). The standard InChI is InChI=1S/C24H29N5O3/c1-3-6-21-26-16-19(17-10-12-25-13-11-17)24(27-21)20-7-4-5-14-29(20)23(30)9-8-18-15-22(31-2)28-32-18/h10-13,15-16,20H,3-9,14H2,1-2H3/t20-/m1/s1. The van der Waals surface area contributed by atoms with Gasteiger partial charge in [-0.3, -0.25) is 9.78 Å². The number of hydrogen-bond donors (Lipinski definition) is 0. The van der Waals surface area contributed by atoms with Crippen LogP contribution in [0.1, 0.15) is 62.3 Å². The van der Waals surface area contributed by atoms with Crippen LogP contribution in [0.15, 0.2) is 41.3 Å². The number of carbonyl (C=O) groups excluding carboxylic acids is 1. The Labute approximate surface area is 188 Å². The molecule has 1 aliphatic heterocycles. The van der Waals surface area contributed by atoms with E-state index >= 15 is 0 Å². The zero-order chi connectivity index (χ0) is 22.3. The lowest BCUT2D eigenvalue weighted by Gasteiger charge is -2.36. The number of nitrogens with zero attached hydrogens (tertiary/aromatic N) is 5. The summed E-state index contributed by atoms with van der Waals surface area (Å²) in [6.45, 7) is 2.85. The minimum Gasteiger partial charge on any atom is -0.479 e. The van der Waals surface area contributed by atoms with Crippen LogP contribution in [0.3, 0.4) is 0 Å². The molecular formula is C24H29N5O3. The summed E-state index contributed by atoms with van der Waals surface area (Å²) in [4.78, 5) is 28.9. The fourth-order valence-corrected chi connectivity index (χ4v) is 4.18. The third-order valence-electron chi connectivity index (χ3n) is 5.80. The van der Waals surface area contributed by atoms with Crippen molar-refractivity contribution in [3.63, 3.8) is 0 Å². The summed E-state index contributed by atoms with van der Waals surface area (Å²) in [5, 5.41) is 3.82. The van der Waals surface area contributed by atoms with Gasteiger partial charge in [0.05, 0.1) is 18.8 Å². The highest BCUT2D eigenvalue weighted by Crippen LogP contribution is 2.36. The third-order valence-corrected chi connectivity index (χ3v) is 5.80. The summed E-state index contributed by atoms with van der Waals surface area (Å²) >= 11 is 0. The number of aromatic nitrogens is 4. The van der Waals surface area contributed by atoms with Crippen molar-refractivity contribution >= 4 is 5.91 Å². The molecule has 0 aliphatic carbocycles. The second-order valence-corrected chi connectivity index (χ2v) is 8.01. The Morgan fingerprint density at radius 2 is 2.09 bits per heavy atom. The molecule has 1 fully saturated rings. The molecule has 0 spiro atoms. The SMILES string of the molecule is CCCc1ncc(-c2ccncc2)c([C@H]2CCCCN2C(=O)CCc2cc(OC)no2)n1. The maximum absolute atomic E-state index is 13.3. The minimum atomic E-state index is -0.0673. The molecule has 3 aromatic rings. The van der Waals surface area contributed by atoms with Crippen molar-refractivity contribution in [2.24, 2.45) is 0 Å². The first-order valence-corrected chi connectivity index (χ1v) is 11.2. The number of rotatable bonds is 8. The first-order valence-electron chi connectivity index (χ1n) is 11.2. The lowest BCUT2D eigenvalue weighted by Crippen LogP contribution is -2.39. The van der Waals surface area contributed by atoms with E-state index in [0.717, 1.165) is 61.3 Å². The van der Waals surface area contributed by atoms with Gasteiger partial charge < -0.3 is 14.2 Å². The van der Waals surface area contributed by atoms with Crippen LogP contribution in [0.2, 0.25) is 0 Å². The predicted octanol–water partition coefficient (Wildman–Crippen LogP) is 4.17. The van der Waals surface area contributed by atoms with Gasteiger partial charge in [-0.1, -0.05) is 6.92 Å². The number of hydrogen-bond acceptors (Lipinski definition) is 7. The van der Waals surface area contributed by atoms with Crippen molar-refractivity contribution in [3.8, 4) is 17.0 Å². The third kappa shape index (κ3) is 4.95. The summed E-state index contributed by atoms with van der Waals surface area (Å²) in [7, 11) is 1.54. The van der Waals surface area contributed by atoms with Gasteiger partial charge in [0.2, 0.25) is 5.91 Å². The fraction of sp³-hybridized carbons (Fsp3) is 0.458. The van der Waals surface area contributed by atoms with Gasteiger partial charge in [-0.2, -0.15) is 0 Å². The van der Waals surface area contributed by atoms with Crippen LogP contribution < -0.4 is 4.74 Å². The average Bonchev–Trinajstić information content (AvgIpc) is 3.31. The van der Waals surface area contributed by atoms with E-state index in [2.05, 4.69) is 22.0 Å². The van der Waals surface area contributed by atoms with E-state index in [1.165, 1.54) is 0 Å². The largest absolute Gasteiger partial charge is 0.479 e. The normalized spacial score (nSPS) is 16.2. The molecule has 0 aromatic carbocycles. The van der Waals surface area contributed by atoms with Gasteiger partial charge in [-0.15, -0.1) is 0 Å².